The minimum atomic E-state index is -0.487. The van der Waals surface area contributed by atoms with E-state index in [0.717, 1.165) is 25.3 Å². The summed E-state index contributed by atoms with van der Waals surface area (Å²) in [6, 6.07) is 3.35. The van der Waals surface area contributed by atoms with Crippen molar-refractivity contribution in [3.8, 4) is 0 Å². The number of aromatic nitrogens is 2. The van der Waals surface area contributed by atoms with Gasteiger partial charge in [-0.05, 0) is 18.6 Å². The number of rotatable bonds is 3. The molecule has 0 aromatic carbocycles. The number of hydrogen-bond donors (Lipinski definition) is 1. The molecule has 0 spiro atoms. The lowest BCUT2D eigenvalue weighted by molar-refractivity contribution is 0.0592. The summed E-state index contributed by atoms with van der Waals surface area (Å²) in [5.74, 6) is 0.546. The number of carbonyl (C=O) groups excluding carboxylic acids is 1. The maximum atomic E-state index is 11.2. The van der Waals surface area contributed by atoms with Crippen LogP contribution >= 0.6 is 0 Å². The van der Waals surface area contributed by atoms with Crippen LogP contribution in [0.3, 0.4) is 0 Å². The second kappa shape index (κ2) is 5.09. The number of esters is 1. The van der Waals surface area contributed by atoms with Crippen molar-refractivity contribution in [1.29, 1.82) is 0 Å². The molecular weight excluding hydrogens is 222 g/mol. The van der Waals surface area contributed by atoms with E-state index in [1.54, 1.807) is 12.1 Å². The number of aliphatic hydroxyl groups excluding tert-OH is 1. The Hall–Kier alpha value is -1.69. The highest BCUT2D eigenvalue weighted by Gasteiger charge is 2.23. The first-order valence-corrected chi connectivity index (χ1v) is 5.52. The van der Waals surface area contributed by atoms with Gasteiger partial charge in [0.05, 0.1) is 7.11 Å². The molecule has 92 valence electrons. The molecule has 1 aromatic rings. The first kappa shape index (κ1) is 11.8. The van der Waals surface area contributed by atoms with Crippen LogP contribution in [0.2, 0.25) is 0 Å². The number of methoxy groups -OCH3 is 1. The Morgan fingerprint density at radius 2 is 2.41 bits per heavy atom. The fourth-order valence-corrected chi connectivity index (χ4v) is 1.90. The summed E-state index contributed by atoms with van der Waals surface area (Å²) >= 11 is 0. The zero-order valence-electron chi connectivity index (χ0n) is 9.67. The van der Waals surface area contributed by atoms with Crippen LogP contribution < -0.4 is 4.90 Å². The zero-order chi connectivity index (χ0) is 12.3. The normalized spacial score (nSPS) is 19.4. The summed E-state index contributed by atoms with van der Waals surface area (Å²) in [5, 5.41) is 16.9. The van der Waals surface area contributed by atoms with E-state index in [0.29, 0.717) is 5.92 Å². The maximum Gasteiger partial charge on any atom is 0.358 e. The molecule has 0 amide bonds. The zero-order valence-corrected chi connectivity index (χ0v) is 9.67. The van der Waals surface area contributed by atoms with E-state index in [9.17, 15) is 4.79 Å². The van der Waals surface area contributed by atoms with Gasteiger partial charge in [0.15, 0.2) is 11.5 Å². The highest BCUT2D eigenvalue weighted by Crippen LogP contribution is 2.21. The number of nitrogens with zero attached hydrogens (tertiary/aromatic N) is 3. The van der Waals surface area contributed by atoms with Gasteiger partial charge in [0.2, 0.25) is 0 Å². The van der Waals surface area contributed by atoms with Crippen LogP contribution in [0.5, 0.6) is 0 Å². The second-order valence-corrected chi connectivity index (χ2v) is 4.05. The van der Waals surface area contributed by atoms with Crippen LogP contribution in [0.4, 0.5) is 5.82 Å². The molecule has 1 N–H and O–H groups in total. The van der Waals surface area contributed by atoms with Crippen LogP contribution in [0, 0.1) is 5.92 Å². The van der Waals surface area contributed by atoms with Crippen LogP contribution in [0.1, 0.15) is 16.9 Å². The van der Waals surface area contributed by atoms with Gasteiger partial charge in [0, 0.05) is 25.6 Å². The molecule has 0 aliphatic carbocycles. The van der Waals surface area contributed by atoms with Crippen molar-refractivity contribution < 1.29 is 14.6 Å². The lowest BCUT2D eigenvalue weighted by Gasteiger charge is -2.16. The molecule has 1 unspecified atom stereocenters. The Kier molecular flexibility index (Phi) is 3.53. The highest BCUT2D eigenvalue weighted by molar-refractivity contribution is 5.86. The van der Waals surface area contributed by atoms with E-state index in [2.05, 4.69) is 19.8 Å². The number of ether oxygens (including phenoxy) is 1. The van der Waals surface area contributed by atoms with Crippen molar-refractivity contribution in [3.63, 3.8) is 0 Å². The summed E-state index contributed by atoms with van der Waals surface area (Å²) in [7, 11) is 1.31. The van der Waals surface area contributed by atoms with Crippen molar-refractivity contribution in [2.24, 2.45) is 5.92 Å². The van der Waals surface area contributed by atoms with Gasteiger partial charge in [0.1, 0.15) is 0 Å². The number of anilines is 1. The Labute approximate surface area is 99.2 Å². The molecule has 1 aliphatic rings. The third-order valence-corrected chi connectivity index (χ3v) is 2.91. The Morgan fingerprint density at radius 1 is 1.59 bits per heavy atom. The van der Waals surface area contributed by atoms with E-state index in [1.807, 2.05) is 0 Å². The first-order valence-electron chi connectivity index (χ1n) is 5.52. The average molecular weight is 237 g/mol. The van der Waals surface area contributed by atoms with Gasteiger partial charge < -0.3 is 14.7 Å². The summed E-state index contributed by atoms with van der Waals surface area (Å²) < 4.78 is 4.55. The van der Waals surface area contributed by atoms with Crippen molar-refractivity contribution >= 4 is 11.8 Å². The molecule has 6 nitrogen and oxygen atoms in total. The third kappa shape index (κ3) is 2.52. The summed E-state index contributed by atoms with van der Waals surface area (Å²) in [6.45, 7) is 1.84. The maximum absolute atomic E-state index is 11.2. The van der Waals surface area contributed by atoms with Crippen LogP contribution in [0.15, 0.2) is 12.1 Å². The lowest BCUT2D eigenvalue weighted by Crippen LogP contribution is -2.22. The van der Waals surface area contributed by atoms with Crippen LogP contribution in [-0.4, -0.2) is 48.1 Å². The van der Waals surface area contributed by atoms with E-state index in [-0.39, 0.29) is 12.3 Å². The topological polar surface area (TPSA) is 75.5 Å². The predicted octanol–water partition coefficient (Wildman–Crippen LogP) is 0.0818. The Balaban J connectivity index is 2.06. The quantitative estimate of drug-likeness (QED) is 0.750. The van der Waals surface area contributed by atoms with Crippen molar-refractivity contribution in [3.05, 3.63) is 17.8 Å². The van der Waals surface area contributed by atoms with E-state index in [4.69, 9.17) is 5.11 Å². The molecule has 6 heteroatoms. The molecule has 0 bridgehead atoms. The largest absolute Gasteiger partial charge is 0.464 e. The van der Waals surface area contributed by atoms with E-state index in [1.165, 1.54) is 7.11 Å². The Morgan fingerprint density at radius 3 is 2.94 bits per heavy atom. The molecular formula is C11H15N3O3. The van der Waals surface area contributed by atoms with E-state index < -0.39 is 5.97 Å². The molecule has 0 saturated carbocycles. The van der Waals surface area contributed by atoms with Crippen molar-refractivity contribution in [2.45, 2.75) is 6.42 Å². The fourth-order valence-electron chi connectivity index (χ4n) is 1.90. The van der Waals surface area contributed by atoms with E-state index >= 15 is 0 Å². The molecule has 2 rings (SSSR count). The minimum Gasteiger partial charge on any atom is -0.464 e. The monoisotopic (exact) mass is 237 g/mol. The SMILES string of the molecule is COC(=O)c1ccc(N2CCC(CO)C2)nn1. The van der Waals surface area contributed by atoms with Gasteiger partial charge in [-0.15, -0.1) is 10.2 Å². The minimum absolute atomic E-state index is 0.199. The van der Waals surface area contributed by atoms with Gasteiger partial charge in [-0.2, -0.15) is 0 Å². The lowest BCUT2D eigenvalue weighted by atomic mass is 10.1. The molecule has 0 radical (unpaired) electrons. The molecule has 1 fully saturated rings. The molecule has 17 heavy (non-hydrogen) atoms. The molecule has 2 heterocycles. The van der Waals surface area contributed by atoms with Crippen LogP contribution in [-0.2, 0) is 4.74 Å². The highest BCUT2D eigenvalue weighted by atomic mass is 16.5. The Bertz CT molecular complexity index is 393. The molecule has 1 saturated heterocycles. The predicted molar refractivity (Wildman–Crippen MR) is 60.8 cm³/mol. The molecule has 1 aromatic heterocycles. The van der Waals surface area contributed by atoms with Crippen LogP contribution in [0.25, 0.3) is 0 Å². The number of aliphatic hydroxyl groups is 1. The van der Waals surface area contributed by atoms with Crippen molar-refractivity contribution in [1.82, 2.24) is 10.2 Å². The number of hydrogen-bond acceptors (Lipinski definition) is 6. The molecule has 1 atom stereocenters. The number of carbonyl (C=O) groups is 1. The third-order valence-electron chi connectivity index (χ3n) is 2.91. The summed E-state index contributed by atoms with van der Waals surface area (Å²) in [4.78, 5) is 13.2. The van der Waals surface area contributed by atoms with Gasteiger partial charge in [-0.25, -0.2) is 4.79 Å². The molecule has 1 aliphatic heterocycles. The second-order valence-electron chi connectivity index (χ2n) is 4.05. The summed E-state index contributed by atoms with van der Waals surface area (Å²) in [6.07, 6.45) is 0.955. The average Bonchev–Trinajstić information content (AvgIpc) is 2.87. The standard InChI is InChI=1S/C11H15N3O3/c1-17-11(16)9-2-3-10(13-12-9)14-5-4-8(6-14)7-15/h2-3,8,15H,4-7H2,1H3. The van der Waals surface area contributed by atoms with Gasteiger partial charge in [-0.3, -0.25) is 0 Å². The summed E-state index contributed by atoms with van der Waals surface area (Å²) in [5.41, 5.74) is 0.203. The first-order chi connectivity index (χ1) is 8.24. The van der Waals surface area contributed by atoms with Gasteiger partial charge >= 0.3 is 5.97 Å². The smallest absolute Gasteiger partial charge is 0.358 e. The van der Waals surface area contributed by atoms with Gasteiger partial charge in [0.25, 0.3) is 0 Å². The van der Waals surface area contributed by atoms with Crippen molar-refractivity contribution in [2.75, 3.05) is 31.7 Å². The van der Waals surface area contributed by atoms with Gasteiger partial charge in [-0.1, -0.05) is 0 Å². The fraction of sp³-hybridized carbons (Fsp3) is 0.545.